The molecule has 0 aliphatic heterocycles. The van der Waals surface area contributed by atoms with Crippen LogP contribution in [0, 0.1) is 12.8 Å². The normalized spacial score (nSPS) is 15.2. The lowest BCUT2D eigenvalue weighted by Gasteiger charge is -2.11. The Morgan fingerprint density at radius 3 is 2.86 bits per heavy atom. The summed E-state index contributed by atoms with van der Waals surface area (Å²) < 4.78 is 2.00. The van der Waals surface area contributed by atoms with Crippen molar-refractivity contribution in [3.63, 3.8) is 0 Å². The summed E-state index contributed by atoms with van der Waals surface area (Å²) in [5.41, 5.74) is 5.12. The van der Waals surface area contributed by atoms with Crippen LogP contribution in [0.15, 0.2) is 30.7 Å². The van der Waals surface area contributed by atoms with E-state index in [0.717, 1.165) is 45.5 Å². The molecule has 0 spiro atoms. The summed E-state index contributed by atoms with van der Waals surface area (Å²) in [6.07, 6.45) is 6.74. The maximum atomic E-state index is 12.1. The second-order valence-electron chi connectivity index (χ2n) is 7.25. The number of hydrogen-bond acceptors (Lipinski definition) is 6. The number of thiazole rings is 1. The Hall–Kier alpha value is -2.84. The average molecular weight is 393 g/mol. The molecule has 4 heterocycles. The van der Waals surface area contributed by atoms with Gasteiger partial charge in [0, 0.05) is 35.6 Å². The first-order valence-corrected chi connectivity index (χ1v) is 10.1. The van der Waals surface area contributed by atoms with Gasteiger partial charge in [-0.3, -0.25) is 14.2 Å². The summed E-state index contributed by atoms with van der Waals surface area (Å²) >= 11 is 1.45. The van der Waals surface area contributed by atoms with Gasteiger partial charge in [0.05, 0.1) is 11.8 Å². The molecule has 1 amide bonds. The van der Waals surface area contributed by atoms with Gasteiger partial charge in [-0.2, -0.15) is 0 Å². The molecule has 0 unspecified atom stereocenters. The monoisotopic (exact) mass is 393 g/mol. The van der Waals surface area contributed by atoms with E-state index < -0.39 is 6.10 Å². The van der Waals surface area contributed by atoms with E-state index in [4.69, 9.17) is 0 Å². The number of aryl methyl sites for hydroxylation is 1. The molecule has 1 aliphatic rings. The van der Waals surface area contributed by atoms with Crippen LogP contribution in [0.4, 0.5) is 5.13 Å². The third-order valence-electron chi connectivity index (χ3n) is 5.04. The molecule has 7 nitrogen and oxygen atoms in total. The Labute approximate surface area is 165 Å². The van der Waals surface area contributed by atoms with Crippen molar-refractivity contribution in [3.05, 3.63) is 42.0 Å². The lowest BCUT2D eigenvalue weighted by Crippen LogP contribution is -2.12. The molecule has 1 saturated carbocycles. The first kappa shape index (κ1) is 17.3. The van der Waals surface area contributed by atoms with E-state index >= 15 is 0 Å². The van der Waals surface area contributed by atoms with Crippen LogP contribution in [0.2, 0.25) is 0 Å². The molecule has 2 N–H and O–H groups in total. The van der Waals surface area contributed by atoms with Crippen molar-refractivity contribution in [1.29, 1.82) is 0 Å². The molecular formula is C20H19N5O2S. The Balaban J connectivity index is 1.64. The van der Waals surface area contributed by atoms with E-state index in [-0.39, 0.29) is 11.8 Å². The number of carbonyl (C=O) groups excluding carboxylic acids is 1. The molecule has 4 aromatic heterocycles. The Bertz CT molecular complexity index is 1220. The maximum absolute atomic E-state index is 12.1. The topological polar surface area (TPSA) is 92.4 Å². The van der Waals surface area contributed by atoms with Crippen molar-refractivity contribution in [2.24, 2.45) is 5.92 Å². The second-order valence-corrected chi connectivity index (χ2v) is 8.23. The van der Waals surface area contributed by atoms with E-state index in [0.29, 0.717) is 10.8 Å². The number of rotatable bonds is 4. The molecule has 5 rings (SSSR count). The zero-order valence-corrected chi connectivity index (χ0v) is 16.3. The molecule has 28 heavy (non-hydrogen) atoms. The molecule has 0 aromatic carbocycles. The first-order chi connectivity index (χ1) is 13.5. The number of imidazole rings is 1. The molecule has 8 heteroatoms. The zero-order valence-electron chi connectivity index (χ0n) is 15.5. The van der Waals surface area contributed by atoms with Crippen LogP contribution >= 0.6 is 11.3 Å². The van der Waals surface area contributed by atoms with Gasteiger partial charge in [-0.1, -0.05) is 11.3 Å². The van der Waals surface area contributed by atoms with Crippen LogP contribution in [0.3, 0.4) is 0 Å². The predicted molar refractivity (Wildman–Crippen MR) is 108 cm³/mol. The molecule has 1 fully saturated rings. The van der Waals surface area contributed by atoms with Crippen molar-refractivity contribution >= 4 is 38.4 Å². The van der Waals surface area contributed by atoms with Crippen LogP contribution in [-0.2, 0) is 4.79 Å². The van der Waals surface area contributed by atoms with Gasteiger partial charge in [0.25, 0.3) is 0 Å². The van der Waals surface area contributed by atoms with Crippen molar-refractivity contribution in [2.45, 2.75) is 32.8 Å². The number of fused-ring (bicyclic) bond motifs is 3. The summed E-state index contributed by atoms with van der Waals surface area (Å²) in [5.74, 6) is 0.187. The summed E-state index contributed by atoms with van der Waals surface area (Å²) in [5, 5.41) is 13.3. The number of aromatic nitrogens is 4. The number of nitrogens with zero attached hydrogens (tertiary/aromatic N) is 4. The summed E-state index contributed by atoms with van der Waals surface area (Å²) in [4.78, 5) is 26.6. The highest BCUT2D eigenvalue weighted by Gasteiger charge is 2.30. The Kier molecular flexibility index (Phi) is 3.92. The minimum absolute atomic E-state index is 0.0508. The van der Waals surface area contributed by atoms with Crippen LogP contribution in [0.5, 0.6) is 0 Å². The molecule has 0 radical (unpaired) electrons. The number of aliphatic hydroxyl groups excluding tert-OH is 1. The van der Waals surface area contributed by atoms with E-state index in [2.05, 4.69) is 20.3 Å². The maximum Gasteiger partial charge on any atom is 0.229 e. The quantitative estimate of drug-likeness (QED) is 0.551. The largest absolute Gasteiger partial charge is 0.387 e. The number of aliphatic hydroxyl groups is 1. The van der Waals surface area contributed by atoms with Gasteiger partial charge < -0.3 is 10.4 Å². The predicted octanol–water partition coefficient (Wildman–Crippen LogP) is 3.72. The number of nitrogens with one attached hydrogen (secondary N) is 1. The fraction of sp³-hybridized carbons (Fsp3) is 0.300. The number of carbonyl (C=O) groups is 1. The van der Waals surface area contributed by atoms with E-state index in [1.807, 2.05) is 29.7 Å². The number of hydrogen-bond donors (Lipinski definition) is 2. The standard InChI is InChI=1S/C20H19N5O2S/c1-10-7-15(11(2)26)22-9-14(10)13-8-16-19(25-6-5-21-17(13)25)28-20(23-16)24-18(27)12-3-4-12/h5-9,11-12,26H,3-4H2,1-2H3,(H,23,24,27)/t11-/m1/s1. The lowest BCUT2D eigenvalue weighted by molar-refractivity contribution is -0.117. The van der Waals surface area contributed by atoms with Gasteiger partial charge in [0.2, 0.25) is 5.91 Å². The second kappa shape index (κ2) is 6.35. The van der Waals surface area contributed by atoms with Crippen molar-refractivity contribution in [2.75, 3.05) is 5.32 Å². The van der Waals surface area contributed by atoms with Crippen molar-refractivity contribution in [3.8, 4) is 11.1 Å². The van der Waals surface area contributed by atoms with Crippen molar-refractivity contribution in [1.82, 2.24) is 19.4 Å². The van der Waals surface area contributed by atoms with Gasteiger partial charge in [0.1, 0.15) is 16.0 Å². The summed E-state index contributed by atoms with van der Waals surface area (Å²) in [7, 11) is 0. The first-order valence-electron chi connectivity index (χ1n) is 9.23. The number of amides is 1. The van der Waals surface area contributed by atoms with E-state index in [1.165, 1.54) is 11.3 Å². The summed E-state index contributed by atoms with van der Waals surface area (Å²) in [6, 6.07) is 3.89. The third-order valence-corrected chi connectivity index (χ3v) is 6.03. The van der Waals surface area contributed by atoms with Crippen LogP contribution in [-0.4, -0.2) is 30.4 Å². The third kappa shape index (κ3) is 2.85. The highest BCUT2D eigenvalue weighted by atomic mass is 32.1. The zero-order chi connectivity index (χ0) is 19.4. The van der Waals surface area contributed by atoms with Gasteiger partial charge in [0.15, 0.2) is 5.13 Å². The Morgan fingerprint density at radius 2 is 2.14 bits per heavy atom. The van der Waals surface area contributed by atoms with Crippen LogP contribution < -0.4 is 5.32 Å². The summed E-state index contributed by atoms with van der Waals surface area (Å²) in [6.45, 7) is 3.70. The fourth-order valence-electron chi connectivity index (χ4n) is 3.35. The number of pyridine rings is 2. The van der Waals surface area contributed by atoms with Gasteiger partial charge in [-0.25, -0.2) is 9.97 Å². The fourth-order valence-corrected chi connectivity index (χ4v) is 4.28. The van der Waals surface area contributed by atoms with Crippen LogP contribution in [0.1, 0.15) is 37.1 Å². The molecule has 1 aliphatic carbocycles. The Morgan fingerprint density at radius 1 is 1.32 bits per heavy atom. The van der Waals surface area contributed by atoms with E-state index in [1.54, 1.807) is 19.3 Å². The SMILES string of the molecule is Cc1cc([C@@H](C)O)ncc1-c1cc2nc(NC(=O)C3CC3)sc2n2ccnc12. The van der Waals surface area contributed by atoms with Gasteiger partial charge >= 0.3 is 0 Å². The lowest BCUT2D eigenvalue weighted by atomic mass is 10.0. The van der Waals surface area contributed by atoms with Gasteiger partial charge in [-0.15, -0.1) is 0 Å². The molecule has 0 saturated heterocycles. The molecule has 1 atom stereocenters. The van der Waals surface area contributed by atoms with E-state index in [9.17, 15) is 9.90 Å². The highest BCUT2D eigenvalue weighted by Crippen LogP contribution is 2.36. The smallest absolute Gasteiger partial charge is 0.229 e. The minimum atomic E-state index is -0.613. The van der Waals surface area contributed by atoms with Crippen molar-refractivity contribution < 1.29 is 9.90 Å². The molecule has 0 bridgehead atoms. The molecule has 4 aromatic rings. The van der Waals surface area contributed by atoms with Gasteiger partial charge in [-0.05, 0) is 44.4 Å². The minimum Gasteiger partial charge on any atom is -0.387 e. The van der Waals surface area contributed by atoms with Crippen LogP contribution in [0.25, 0.3) is 27.1 Å². The molecule has 142 valence electrons. The number of anilines is 1. The highest BCUT2D eigenvalue weighted by molar-refractivity contribution is 7.22. The molecular weight excluding hydrogens is 374 g/mol. The average Bonchev–Trinajstić information content (AvgIpc) is 3.26.